The minimum Gasteiger partial charge on any atom is -0.465 e. The minimum absolute atomic E-state index is 0.143. The van der Waals surface area contributed by atoms with E-state index in [1.165, 1.54) is 42.7 Å². The molecule has 2 aromatic rings. The SMILES string of the molecule is COC(=O)c1ccc(OC(=O)[C@@H]2CCCN2C(=O)c2cccs2)cc1. The van der Waals surface area contributed by atoms with Gasteiger partial charge in [0, 0.05) is 6.54 Å². The number of amides is 1. The van der Waals surface area contributed by atoms with Crippen LogP contribution in [0.4, 0.5) is 0 Å². The molecule has 1 atom stereocenters. The number of esters is 2. The zero-order valence-electron chi connectivity index (χ0n) is 13.6. The van der Waals surface area contributed by atoms with Gasteiger partial charge in [0.15, 0.2) is 0 Å². The zero-order valence-corrected chi connectivity index (χ0v) is 14.5. The van der Waals surface area contributed by atoms with E-state index in [0.717, 1.165) is 6.42 Å². The fraction of sp³-hybridized carbons (Fsp3) is 0.278. The summed E-state index contributed by atoms with van der Waals surface area (Å²) in [5.41, 5.74) is 0.373. The van der Waals surface area contributed by atoms with E-state index in [9.17, 15) is 14.4 Å². The Morgan fingerprint density at radius 1 is 1.16 bits per heavy atom. The Balaban J connectivity index is 1.67. The van der Waals surface area contributed by atoms with Gasteiger partial charge in [-0.15, -0.1) is 11.3 Å². The molecule has 0 unspecified atom stereocenters. The lowest BCUT2D eigenvalue weighted by Gasteiger charge is -2.22. The van der Waals surface area contributed by atoms with Gasteiger partial charge in [-0.1, -0.05) is 6.07 Å². The van der Waals surface area contributed by atoms with E-state index in [1.54, 1.807) is 11.0 Å². The van der Waals surface area contributed by atoms with Gasteiger partial charge in [-0.25, -0.2) is 9.59 Å². The third kappa shape index (κ3) is 3.71. The first-order valence-corrected chi connectivity index (χ1v) is 8.72. The molecule has 2 heterocycles. The number of methoxy groups -OCH3 is 1. The molecule has 1 saturated heterocycles. The molecule has 0 saturated carbocycles. The summed E-state index contributed by atoms with van der Waals surface area (Å²) in [7, 11) is 1.30. The highest BCUT2D eigenvalue weighted by Crippen LogP contribution is 2.24. The fourth-order valence-corrected chi connectivity index (χ4v) is 3.44. The Hall–Kier alpha value is -2.67. The van der Waals surface area contributed by atoms with Crippen LogP contribution in [-0.4, -0.2) is 42.4 Å². The Morgan fingerprint density at radius 2 is 1.92 bits per heavy atom. The number of hydrogen-bond acceptors (Lipinski definition) is 6. The summed E-state index contributed by atoms with van der Waals surface area (Å²) in [6.07, 6.45) is 1.34. The maximum absolute atomic E-state index is 12.5. The number of carbonyl (C=O) groups excluding carboxylic acids is 3. The van der Waals surface area contributed by atoms with E-state index in [-0.39, 0.29) is 5.91 Å². The molecule has 6 nitrogen and oxygen atoms in total. The van der Waals surface area contributed by atoms with Crippen molar-refractivity contribution in [2.24, 2.45) is 0 Å². The third-order valence-electron chi connectivity index (χ3n) is 4.01. The maximum atomic E-state index is 12.5. The van der Waals surface area contributed by atoms with Crippen molar-refractivity contribution in [3.63, 3.8) is 0 Å². The van der Waals surface area contributed by atoms with Crippen molar-refractivity contribution in [1.82, 2.24) is 4.90 Å². The molecular formula is C18H17NO5S. The van der Waals surface area contributed by atoms with Crippen molar-refractivity contribution < 1.29 is 23.9 Å². The molecule has 25 heavy (non-hydrogen) atoms. The molecule has 7 heteroatoms. The number of thiophene rings is 1. The lowest BCUT2D eigenvalue weighted by atomic mass is 10.2. The van der Waals surface area contributed by atoms with Crippen molar-refractivity contribution >= 4 is 29.2 Å². The van der Waals surface area contributed by atoms with Crippen LogP contribution in [0.5, 0.6) is 5.75 Å². The number of carbonyl (C=O) groups is 3. The number of nitrogens with zero attached hydrogens (tertiary/aromatic N) is 1. The summed E-state index contributed by atoms with van der Waals surface area (Å²) >= 11 is 1.35. The Bertz CT molecular complexity index is 769. The van der Waals surface area contributed by atoms with Crippen LogP contribution in [0.25, 0.3) is 0 Å². The second-order valence-corrected chi connectivity index (χ2v) is 6.52. The van der Waals surface area contributed by atoms with Gasteiger partial charge < -0.3 is 14.4 Å². The van der Waals surface area contributed by atoms with Crippen LogP contribution in [0.3, 0.4) is 0 Å². The quantitative estimate of drug-likeness (QED) is 0.620. The van der Waals surface area contributed by atoms with Crippen molar-refractivity contribution in [1.29, 1.82) is 0 Å². The molecule has 0 bridgehead atoms. The van der Waals surface area contributed by atoms with Crippen LogP contribution in [0.1, 0.15) is 32.9 Å². The van der Waals surface area contributed by atoms with Crippen LogP contribution in [0.15, 0.2) is 41.8 Å². The number of hydrogen-bond donors (Lipinski definition) is 0. The van der Waals surface area contributed by atoms with Gasteiger partial charge in [0.2, 0.25) is 0 Å². The molecule has 0 N–H and O–H groups in total. The third-order valence-corrected chi connectivity index (χ3v) is 4.87. The smallest absolute Gasteiger partial charge is 0.337 e. The second-order valence-electron chi connectivity index (χ2n) is 5.57. The van der Waals surface area contributed by atoms with Gasteiger partial charge in [-0.2, -0.15) is 0 Å². The van der Waals surface area contributed by atoms with E-state index in [1.807, 2.05) is 11.4 Å². The predicted octanol–water partition coefficient (Wildman–Crippen LogP) is 2.74. The monoisotopic (exact) mass is 359 g/mol. The first-order valence-electron chi connectivity index (χ1n) is 7.84. The van der Waals surface area contributed by atoms with Gasteiger partial charge >= 0.3 is 11.9 Å². The molecular weight excluding hydrogens is 342 g/mol. The number of likely N-dealkylation sites (tertiary alicyclic amines) is 1. The maximum Gasteiger partial charge on any atom is 0.337 e. The minimum atomic E-state index is -0.588. The van der Waals surface area contributed by atoms with Gasteiger partial charge in [0.25, 0.3) is 5.91 Å². The lowest BCUT2D eigenvalue weighted by molar-refractivity contribution is -0.138. The molecule has 1 aromatic heterocycles. The highest BCUT2D eigenvalue weighted by molar-refractivity contribution is 7.12. The first-order chi connectivity index (χ1) is 12.1. The highest BCUT2D eigenvalue weighted by atomic mass is 32.1. The summed E-state index contributed by atoms with van der Waals surface area (Å²) in [6.45, 7) is 0.539. The van der Waals surface area contributed by atoms with Crippen molar-refractivity contribution in [2.75, 3.05) is 13.7 Å². The standard InChI is InChI=1S/C18H17NO5S/c1-23-17(21)12-6-8-13(9-7-12)24-18(22)14-4-2-10-19(14)16(20)15-5-3-11-25-15/h3,5-9,11,14H,2,4,10H2,1H3/t14-/m0/s1. The van der Waals surface area contributed by atoms with E-state index < -0.39 is 18.0 Å². The van der Waals surface area contributed by atoms with Gasteiger partial charge in [0.05, 0.1) is 17.6 Å². The first kappa shape index (κ1) is 17.2. The largest absolute Gasteiger partial charge is 0.465 e. The van der Waals surface area contributed by atoms with Crippen molar-refractivity contribution in [3.05, 3.63) is 52.2 Å². The van der Waals surface area contributed by atoms with E-state index in [0.29, 0.717) is 29.2 Å². The molecule has 1 amide bonds. The Morgan fingerprint density at radius 3 is 2.56 bits per heavy atom. The average Bonchev–Trinajstić information content (AvgIpc) is 3.32. The molecule has 130 valence electrons. The van der Waals surface area contributed by atoms with Crippen LogP contribution < -0.4 is 4.74 Å². The molecule has 0 aliphatic carbocycles. The molecule has 1 aromatic carbocycles. The fourth-order valence-electron chi connectivity index (χ4n) is 2.76. The van der Waals surface area contributed by atoms with E-state index >= 15 is 0 Å². The Kier molecular flexibility index (Phi) is 5.14. The lowest BCUT2D eigenvalue weighted by Crippen LogP contribution is -2.42. The molecule has 1 aliphatic rings. The predicted molar refractivity (Wildman–Crippen MR) is 91.8 cm³/mol. The molecule has 0 spiro atoms. The van der Waals surface area contributed by atoms with Gasteiger partial charge in [-0.05, 0) is 48.6 Å². The van der Waals surface area contributed by atoms with Crippen LogP contribution >= 0.6 is 11.3 Å². The van der Waals surface area contributed by atoms with Gasteiger partial charge in [-0.3, -0.25) is 4.79 Å². The summed E-state index contributed by atoms with van der Waals surface area (Å²) in [5.74, 6) is -0.738. The molecule has 0 radical (unpaired) electrons. The molecule has 1 aliphatic heterocycles. The number of benzene rings is 1. The molecule has 1 fully saturated rings. The highest BCUT2D eigenvalue weighted by Gasteiger charge is 2.36. The second kappa shape index (κ2) is 7.48. The summed E-state index contributed by atoms with van der Waals surface area (Å²) in [4.78, 5) is 38.6. The van der Waals surface area contributed by atoms with Crippen molar-refractivity contribution in [2.45, 2.75) is 18.9 Å². The van der Waals surface area contributed by atoms with Crippen LogP contribution in [0.2, 0.25) is 0 Å². The topological polar surface area (TPSA) is 72.9 Å². The average molecular weight is 359 g/mol. The summed E-state index contributed by atoms with van der Waals surface area (Å²) in [6, 6.07) is 9.09. The summed E-state index contributed by atoms with van der Waals surface area (Å²) in [5, 5.41) is 1.83. The van der Waals surface area contributed by atoms with E-state index in [4.69, 9.17) is 4.74 Å². The van der Waals surface area contributed by atoms with E-state index in [2.05, 4.69) is 4.74 Å². The van der Waals surface area contributed by atoms with Crippen LogP contribution in [0, 0.1) is 0 Å². The zero-order chi connectivity index (χ0) is 17.8. The number of ether oxygens (including phenoxy) is 2. The Labute approximate surface area is 149 Å². The van der Waals surface area contributed by atoms with Gasteiger partial charge in [0.1, 0.15) is 11.8 Å². The molecule has 3 rings (SSSR count). The normalized spacial score (nSPS) is 16.5. The summed E-state index contributed by atoms with van der Waals surface area (Å²) < 4.78 is 10.0. The number of rotatable bonds is 4. The van der Waals surface area contributed by atoms with Crippen molar-refractivity contribution in [3.8, 4) is 5.75 Å². The van der Waals surface area contributed by atoms with Crippen LogP contribution in [-0.2, 0) is 9.53 Å².